The molecule has 1 aliphatic heterocycles. The molecular weight excluding hydrogens is 334 g/mol. The molecule has 3 N–H and O–H groups in total. The van der Waals surface area contributed by atoms with Crippen molar-refractivity contribution >= 4 is 17.7 Å². The molecule has 1 heterocycles. The van der Waals surface area contributed by atoms with Gasteiger partial charge in [0.2, 0.25) is 17.7 Å². The van der Waals surface area contributed by atoms with Crippen molar-refractivity contribution in [3.05, 3.63) is 12.2 Å². The first-order valence-electron chi connectivity index (χ1n) is 9.62. The molecule has 7 heteroatoms. The van der Waals surface area contributed by atoms with E-state index in [4.69, 9.17) is 5.21 Å². The fourth-order valence-electron chi connectivity index (χ4n) is 3.09. The third kappa shape index (κ3) is 7.99. The monoisotopic (exact) mass is 367 g/mol. The molecule has 0 spiro atoms. The van der Waals surface area contributed by atoms with Crippen LogP contribution in [0.15, 0.2) is 12.2 Å². The number of carbonyl (C=O) groups is 3. The Kier molecular flexibility index (Phi) is 10.6. The zero-order valence-electron chi connectivity index (χ0n) is 16.0. The summed E-state index contributed by atoms with van der Waals surface area (Å²) in [6, 6.07) is -0.564. The zero-order chi connectivity index (χ0) is 19.4. The molecule has 0 aromatic rings. The number of rotatable bonds is 5. The van der Waals surface area contributed by atoms with Crippen LogP contribution in [0, 0.1) is 5.92 Å². The van der Waals surface area contributed by atoms with Crippen molar-refractivity contribution in [1.29, 1.82) is 0 Å². The summed E-state index contributed by atoms with van der Waals surface area (Å²) in [5.74, 6) is -1.52. The Hall–Kier alpha value is -1.89. The summed E-state index contributed by atoms with van der Waals surface area (Å²) in [6.45, 7) is 2.69. The summed E-state index contributed by atoms with van der Waals surface area (Å²) in [5.41, 5.74) is 1.59. The van der Waals surface area contributed by atoms with Crippen LogP contribution in [0.1, 0.15) is 64.7 Å². The molecule has 1 rings (SSSR count). The summed E-state index contributed by atoms with van der Waals surface area (Å²) in [7, 11) is 1.76. The fraction of sp³-hybridized carbons (Fsp3) is 0.737. The van der Waals surface area contributed by atoms with Crippen LogP contribution in [0.25, 0.3) is 0 Å². The molecule has 0 fully saturated rings. The minimum absolute atomic E-state index is 0.0850. The third-order valence-electron chi connectivity index (χ3n) is 4.72. The van der Waals surface area contributed by atoms with Gasteiger partial charge in [0.25, 0.3) is 0 Å². The van der Waals surface area contributed by atoms with E-state index in [2.05, 4.69) is 17.5 Å². The van der Waals surface area contributed by atoms with Crippen molar-refractivity contribution in [3.8, 4) is 0 Å². The van der Waals surface area contributed by atoms with Crippen LogP contribution in [0.2, 0.25) is 0 Å². The Balaban J connectivity index is 2.92. The minimum atomic E-state index is -0.588. The van der Waals surface area contributed by atoms with Gasteiger partial charge in [-0.15, -0.1) is 0 Å². The number of amides is 3. The SMILES string of the molecule is CCCC[C@@H]1NC(=O)[C@@H](CC(=O)NO)CCCC=CCCCN(C)C1=O. The van der Waals surface area contributed by atoms with Gasteiger partial charge in [0, 0.05) is 25.9 Å². The van der Waals surface area contributed by atoms with E-state index in [1.54, 1.807) is 17.4 Å². The predicted molar refractivity (Wildman–Crippen MR) is 99.4 cm³/mol. The maximum absolute atomic E-state index is 12.7. The van der Waals surface area contributed by atoms with Crippen LogP contribution >= 0.6 is 0 Å². The van der Waals surface area contributed by atoms with E-state index in [1.807, 2.05) is 6.92 Å². The Morgan fingerprint density at radius 3 is 2.65 bits per heavy atom. The van der Waals surface area contributed by atoms with E-state index < -0.39 is 17.9 Å². The minimum Gasteiger partial charge on any atom is -0.344 e. The van der Waals surface area contributed by atoms with E-state index >= 15 is 0 Å². The first-order chi connectivity index (χ1) is 12.5. The molecule has 0 saturated heterocycles. The summed E-state index contributed by atoms with van der Waals surface area (Å²) in [6.07, 6.45) is 10.4. The molecule has 26 heavy (non-hydrogen) atoms. The lowest BCUT2D eigenvalue weighted by molar-refractivity contribution is -0.138. The van der Waals surface area contributed by atoms with E-state index in [1.165, 1.54) is 0 Å². The molecule has 7 nitrogen and oxygen atoms in total. The molecule has 3 amide bonds. The highest BCUT2D eigenvalue weighted by Gasteiger charge is 2.28. The molecule has 0 saturated carbocycles. The summed E-state index contributed by atoms with van der Waals surface area (Å²) < 4.78 is 0. The number of likely N-dealkylation sites (N-methyl/N-ethyl adjacent to an activating group) is 1. The van der Waals surface area contributed by atoms with Gasteiger partial charge in [-0.1, -0.05) is 31.9 Å². The molecule has 0 aliphatic carbocycles. The molecule has 0 bridgehead atoms. The van der Waals surface area contributed by atoms with Gasteiger partial charge in [0.15, 0.2) is 0 Å². The lowest BCUT2D eigenvalue weighted by Gasteiger charge is -2.26. The Bertz CT molecular complexity index is 493. The molecule has 0 unspecified atom stereocenters. The molecule has 0 aromatic heterocycles. The van der Waals surface area contributed by atoms with Crippen molar-refractivity contribution in [1.82, 2.24) is 15.7 Å². The largest absolute Gasteiger partial charge is 0.344 e. The third-order valence-corrected chi connectivity index (χ3v) is 4.72. The first-order valence-corrected chi connectivity index (χ1v) is 9.62. The first kappa shape index (κ1) is 22.2. The van der Waals surface area contributed by atoms with E-state index in [-0.39, 0.29) is 18.2 Å². The van der Waals surface area contributed by atoms with Gasteiger partial charge < -0.3 is 10.2 Å². The Morgan fingerprint density at radius 1 is 1.31 bits per heavy atom. The molecule has 0 aromatic carbocycles. The van der Waals surface area contributed by atoms with Crippen molar-refractivity contribution in [2.45, 2.75) is 70.8 Å². The molecule has 2 atom stereocenters. The lowest BCUT2D eigenvalue weighted by Crippen LogP contribution is -2.49. The Morgan fingerprint density at radius 2 is 2.00 bits per heavy atom. The van der Waals surface area contributed by atoms with Crippen molar-refractivity contribution in [3.63, 3.8) is 0 Å². The average molecular weight is 367 g/mol. The number of unbranched alkanes of at least 4 members (excludes halogenated alkanes) is 1. The highest BCUT2D eigenvalue weighted by molar-refractivity contribution is 5.90. The topological polar surface area (TPSA) is 98.7 Å². The number of hydrogen-bond donors (Lipinski definition) is 3. The van der Waals surface area contributed by atoms with Gasteiger partial charge in [-0.05, 0) is 38.5 Å². The van der Waals surface area contributed by atoms with E-state index in [0.29, 0.717) is 19.4 Å². The molecule has 148 valence electrons. The second kappa shape index (κ2) is 12.5. The number of carbonyl (C=O) groups excluding carboxylic acids is 3. The number of nitrogens with one attached hydrogen (secondary N) is 2. The van der Waals surface area contributed by atoms with E-state index in [0.717, 1.165) is 38.5 Å². The van der Waals surface area contributed by atoms with Gasteiger partial charge in [-0.25, -0.2) is 5.48 Å². The van der Waals surface area contributed by atoms with Crippen LogP contribution in [-0.2, 0) is 14.4 Å². The zero-order valence-corrected chi connectivity index (χ0v) is 16.0. The quantitative estimate of drug-likeness (QED) is 0.394. The average Bonchev–Trinajstić information content (AvgIpc) is 2.64. The van der Waals surface area contributed by atoms with Crippen molar-refractivity contribution < 1.29 is 19.6 Å². The summed E-state index contributed by atoms with van der Waals surface area (Å²) >= 11 is 0. The number of nitrogens with zero attached hydrogens (tertiary/aromatic N) is 1. The summed E-state index contributed by atoms with van der Waals surface area (Å²) in [5, 5.41) is 11.6. The van der Waals surface area contributed by atoms with Gasteiger partial charge in [0.1, 0.15) is 6.04 Å². The van der Waals surface area contributed by atoms with E-state index in [9.17, 15) is 14.4 Å². The summed E-state index contributed by atoms with van der Waals surface area (Å²) in [4.78, 5) is 38.6. The van der Waals surface area contributed by atoms with Crippen molar-refractivity contribution in [2.75, 3.05) is 13.6 Å². The van der Waals surface area contributed by atoms with Gasteiger partial charge in [-0.2, -0.15) is 0 Å². The standard InChI is InChI=1S/C19H33N3O4/c1-3-4-12-16-19(25)22(2)13-10-8-6-5-7-9-11-15(18(24)20-16)14-17(23)21-26/h5-6,15-16,26H,3-4,7-14H2,1-2H3,(H,20,24)(H,21,23)/t15-,16+/m1/s1. The second-order valence-corrected chi connectivity index (χ2v) is 6.94. The lowest BCUT2D eigenvalue weighted by atomic mass is 9.95. The Labute approximate surface area is 156 Å². The van der Waals surface area contributed by atoms with Crippen LogP contribution in [0.4, 0.5) is 0 Å². The highest BCUT2D eigenvalue weighted by Crippen LogP contribution is 2.16. The fourth-order valence-corrected chi connectivity index (χ4v) is 3.09. The normalized spacial score (nSPS) is 23.3. The number of hydrogen-bond acceptors (Lipinski definition) is 4. The van der Waals surface area contributed by atoms with Crippen LogP contribution in [0.5, 0.6) is 0 Å². The van der Waals surface area contributed by atoms with Gasteiger partial charge in [0.05, 0.1) is 0 Å². The highest BCUT2D eigenvalue weighted by atomic mass is 16.5. The maximum Gasteiger partial charge on any atom is 0.244 e. The van der Waals surface area contributed by atoms with Crippen LogP contribution in [-0.4, -0.2) is 47.5 Å². The van der Waals surface area contributed by atoms with Gasteiger partial charge in [-0.3, -0.25) is 19.6 Å². The smallest absolute Gasteiger partial charge is 0.244 e. The number of allylic oxidation sites excluding steroid dienone is 2. The molecule has 1 aliphatic rings. The number of hydroxylamine groups is 1. The molecule has 0 radical (unpaired) electrons. The molecular formula is C19H33N3O4. The van der Waals surface area contributed by atoms with Crippen LogP contribution < -0.4 is 10.8 Å². The van der Waals surface area contributed by atoms with Gasteiger partial charge >= 0.3 is 0 Å². The maximum atomic E-state index is 12.7. The van der Waals surface area contributed by atoms with Crippen LogP contribution in [0.3, 0.4) is 0 Å². The predicted octanol–water partition coefficient (Wildman–Crippen LogP) is 2.15. The second-order valence-electron chi connectivity index (χ2n) is 6.94. The van der Waals surface area contributed by atoms with Crippen molar-refractivity contribution in [2.24, 2.45) is 5.92 Å².